The summed E-state index contributed by atoms with van der Waals surface area (Å²) in [4.78, 5) is 21.4. The van der Waals surface area contributed by atoms with Crippen molar-refractivity contribution in [1.29, 1.82) is 0 Å². The first kappa shape index (κ1) is 16.1. The van der Waals surface area contributed by atoms with Crippen molar-refractivity contribution in [2.75, 3.05) is 0 Å². The zero-order valence-electron chi connectivity index (χ0n) is 12.8. The van der Waals surface area contributed by atoms with Gasteiger partial charge < -0.3 is 9.09 Å². The number of rotatable bonds is 5. The molecule has 0 saturated carbocycles. The number of hydrogen-bond donors (Lipinski definition) is 0. The van der Waals surface area contributed by atoms with Crippen molar-refractivity contribution in [1.82, 2.24) is 24.3 Å². The quantitative estimate of drug-likeness (QED) is 0.385. The van der Waals surface area contributed by atoms with E-state index in [2.05, 4.69) is 21.7 Å². The summed E-state index contributed by atoms with van der Waals surface area (Å²) < 4.78 is 9.57. The van der Waals surface area contributed by atoms with Crippen LogP contribution < -0.4 is 5.56 Å². The van der Waals surface area contributed by atoms with Crippen LogP contribution in [-0.4, -0.2) is 24.3 Å². The van der Waals surface area contributed by atoms with Crippen LogP contribution in [0.4, 0.5) is 0 Å². The Morgan fingerprint density at radius 1 is 1.44 bits per heavy atom. The number of aromatic nitrogens is 5. The maximum atomic E-state index is 12.7. The van der Waals surface area contributed by atoms with Crippen molar-refractivity contribution in [2.24, 2.45) is 0 Å². The summed E-state index contributed by atoms with van der Waals surface area (Å²) in [5.41, 5.74) is 1.28. The minimum atomic E-state index is -0.181. The van der Waals surface area contributed by atoms with Gasteiger partial charge in [0.15, 0.2) is 9.60 Å². The van der Waals surface area contributed by atoms with Gasteiger partial charge in [-0.15, -0.1) is 6.58 Å². The molecule has 0 N–H and O–H groups in total. The summed E-state index contributed by atoms with van der Waals surface area (Å²) in [7, 11) is 0. The van der Waals surface area contributed by atoms with Crippen LogP contribution in [0.2, 0.25) is 0 Å². The first-order chi connectivity index (χ1) is 12.2. The van der Waals surface area contributed by atoms with Gasteiger partial charge in [0.1, 0.15) is 17.6 Å². The minimum absolute atomic E-state index is 0.158. The van der Waals surface area contributed by atoms with Gasteiger partial charge in [-0.25, -0.2) is 4.98 Å². The molecule has 4 aromatic rings. The molecule has 7 nitrogen and oxygen atoms in total. The second-order valence-electron chi connectivity index (χ2n) is 5.12. The lowest BCUT2D eigenvalue weighted by atomic mass is 10.3. The highest BCUT2D eigenvalue weighted by atomic mass is 32.1. The lowest BCUT2D eigenvalue weighted by molar-refractivity contribution is 0.369. The van der Waals surface area contributed by atoms with E-state index in [-0.39, 0.29) is 12.1 Å². The summed E-state index contributed by atoms with van der Waals surface area (Å²) in [5, 5.41) is 7.82. The summed E-state index contributed by atoms with van der Waals surface area (Å²) >= 11 is 8.10. The van der Waals surface area contributed by atoms with Crippen LogP contribution in [-0.2, 0) is 13.1 Å². The summed E-state index contributed by atoms with van der Waals surface area (Å²) in [6.07, 6.45) is 3.19. The van der Waals surface area contributed by atoms with Crippen molar-refractivity contribution in [2.45, 2.75) is 13.1 Å². The highest BCUT2D eigenvalue weighted by Gasteiger charge is 2.14. The fourth-order valence-electron chi connectivity index (χ4n) is 2.35. The fraction of sp³-hybridized carbons (Fsp3) is 0.133. The molecule has 0 unspecified atom stereocenters. The Hall–Kier alpha value is -2.43. The third-order valence-electron chi connectivity index (χ3n) is 3.51. The maximum absolute atomic E-state index is 12.7. The van der Waals surface area contributed by atoms with Crippen LogP contribution in [0.1, 0.15) is 5.89 Å². The standard InChI is InChI=1S/C15H11N5O2S3/c1-2-4-20-13-11(25-15(20)23)14(21)19(8-16-13)6-10-17-12(18-22-10)9-3-5-24-7-9/h2-3,5,7-8H,1,4,6H2. The summed E-state index contributed by atoms with van der Waals surface area (Å²) in [5.74, 6) is 0.852. The molecule has 4 heterocycles. The number of nitrogens with zero attached hydrogens (tertiary/aromatic N) is 5. The van der Waals surface area contributed by atoms with Crippen LogP contribution in [0.5, 0.6) is 0 Å². The average molecular weight is 389 g/mol. The van der Waals surface area contributed by atoms with Crippen LogP contribution in [0.25, 0.3) is 21.7 Å². The minimum Gasteiger partial charge on any atom is -0.337 e. The van der Waals surface area contributed by atoms with Crippen molar-refractivity contribution in [3.8, 4) is 11.4 Å². The first-order valence-corrected chi connectivity index (χ1v) is 9.39. The molecule has 0 aliphatic rings. The van der Waals surface area contributed by atoms with Gasteiger partial charge in [0, 0.05) is 17.5 Å². The normalized spacial score (nSPS) is 11.2. The molecule has 0 bridgehead atoms. The molecule has 126 valence electrons. The smallest absolute Gasteiger partial charge is 0.273 e. The van der Waals surface area contributed by atoms with E-state index in [9.17, 15) is 4.79 Å². The average Bonchev–Trinajstić information content (AvgIpc) is 3.32. The first-order valence-electron chi connectivity index (χ1n) is 7.22. The number of fused-ring (bicyclic) bond motifs is 1. The Morgan fingerprint density at radius 3 is 3.08 bits per heavy atom. The van der Waals surface area contributed by atoms with Gasteiger partial charge in [0.25, 0.3) is 5.56 Å². The van der Waals surface area contributed by atoms with Crippen LogP contribution in [0.15, 0.2) is 45.1 Å². The molecule has 4 aromatic heterocycles. The second kappa shape index (κ2) is 6.47. The van der Waals surface area contributed by atoms with E-state index < -0.39 is 0 Å². The number of allylic oxidation sites excluding steroid dienone is 1. The zero-order chi connectivity index (χ0) is 17.4. The molecule has 0 fully saturated rings. The Morgan fingerprint density at radius 2 is 2.32 bits per heavy atom. The fourth-order valence-corrected chi connectivity index (χ4v) is 4.30. The molecule has 0 radical (unpaired) electrons. The van der Waals surface area contributed by atoms with Gasteiger partial charge in [0.05, 0.1) is 0 Å². The van der Waals surface area contributed by atoms with Gasteiger partial charge in [-0.2, -0.15) is 16.3 Å². The van der Waals surface area contributed by atoms with Gasteiger partial charge in [-0.1, -0.05) is 22.6 Å². The molecule has 25 heavy (non-hydrogen) atoms. The molecular formula is C15H11N5O2S3. The number of thiazole rings is 1. The Bertz CT molecular complexity index is 1170. The molecule has 0 atom stereocenters. The van der Waals surface area contributed by atoms with Gasteiger partial charge in [-0.05, 0) is 23.7 Å². The van der Waals surface area contributed by atoms with Gasteiger partial charge in [-0.3, -0.25) is 9.36 Å². The highest BCUT2D eigenvalue weighted by Crippen LogP contribution is 2.20. The molecule has 0 aromatic carbocycles. The molecular weight excluding hydrogens is 378 g/mol. The van der Waals surface area contributed by atoms with E-state index in [0.29, 0.717) is 32.6 Å². The van der Waals surface area contributed by atoms with E-state index >= 15 is 0 Å². The van der Waals surface area contributed by atoms with Gasteiger partial charge in [0.2, 0.25) is 11.7 Å². The Labute approximate surface area is 154 Å². The highest BCUT2D eigenvalue weighted by molar-refractivity contribution is 7.73. The molecule has 10 heteroatoms. The van der Waals surface area contributed by atoms with Crippen LogP contribution in [0.3, 0.4) is 0 Å². The predicted molar refractivity (Wildman–Crippen MR) is 99.6 cm³/mol. The Kier molecular flexibility index (Phi) is 4.15. The molecule has 0 saturated heterocycles. The zero-order valence-corrected chi connectivity index (χ0v) is 15.2. The summed E-state index contributed by atoms with van der Waals surface area (Å²) in [6, 6.07) is 1.91. The monoisotopic (exact) mass is 389 g/mol. The van der Waals surface area contributed by atoms with Gasteiger partial charge >= 0.3 is 0 Å². The number of thiophene rings is 1. The van der Waals surface area contributed by atoms with Crippen molar-refractivity contribution < 1.29 is 4.52 Å². The largest absolute Gasteiger partial charge is 0.337 e. The summed E-state index contributed by atoms with van der Waals surface area (Å²) in [6.45, 7) is 4.38. The SMILES string of the molecule is C=CCn1c(=S)sc2c(=O)n(Cc3nc(-c4ccsc4)no3)cnc21. The lowest BCUT2D eigenvalue weighted by Crippen LogP contribution is -2.21. The van der Waals surface area contributed by atoms with E-state index in [4.69, 9.17) is 16.7 Å². The molecule has 4 rings (SSSR count). The van der Waals surface area contributed by atoms with Crippen molar-refractivity contribution >= 4 is 45.2 Å². The molecule has 0 spiro atoms. The van der Waals surface area contributed by atoms with Crippen molar-refractivity contribution in [3.05, 3.63) is 56.0 Å². The van der Waals surface area contributed by atoms with E-state index in [1.54, 1.807) is 22.0 Å². The lowest BCUT2D eigenvalue weighted by Gasteiger charge is -2.02. The predicted octanol–water partition coefficient (Wildman–Crippen LogP) is 3.33. The number of hydrogen-bond acceptors (Lipinski definition) is 8. The van der Waals surface area contributed by atoms with Crippen LogP contribution in [0, 0.1) is 3.95 Å². The molecule has 0 aliphatic carbocycles. The molecule has 0 amide bonds. The Balaban J connectivity index is 1.71. The second-order valence-corrected chi connectivity index (χ2v) is 7.55. The third-order valence-corrected chi connectivity index (χ3v) is 5.62. The topological polar surface area (TPSA) is 78.7 Å². The van der Waals surface area contributed by atoms with E-state index in [1.165, 1.54) is 22.2 Å². The maximum Gasteiger partial charge on any atom is 0.273 e. The molecule has 0 aliphatic heterocycles. The van der Waals surface area contributed by atoms with Crippen molar-refractivity contribution in [3.63, 3.8) is 0 Å². The van der Waals surface area contributed by atoms with E-state index in [0.717, 1.165) is 5.56 Å². The van der Waals surface area contributed by atoms with Crippen LogP contribution >= 0.6 is 34.9 Å². The van der Waals surface area contributed by atoms with E-state index in [1.807, 2.05) is 16.8 Å². The third kappa shape index (κ3) is 2.88.